The van der Waals surface area contributed by atoms with E-state index in [-0.39, 0.29) is 11.5 Å². The monoisotopic (exact) mass is 406 g/mol. The van der Waals surface area contributed by atoms with Crippen LogP contribution in [0.3, 0.4) is 0 Å². The highest BCUT2D eigenvalue weighted by Crippen LogP contribution is 2.16. The van der Waals surface area contributed by atoms with Crippen LogP contribution in [0.4, 0.5) is 0 Å². The SMILES string of the molecule is Cn1nnnc1SCCCCS(=O)(=O)CCCCSc1nnnn1C. The van der Waals surface area contributed by atoms with Gasteiger partial charge in [-0.15, -0.1) is 10.2 Å². The maximum atomic E-state index is 12.0. The zero-order valence-corrected chi connectivity index (χ0v) is 16.7. The van der Waals surface area contributed by atoms with Crippen LogP contribution >= 0.6 is 23.5 Å². The van der Waals surface area contributed by atoms with Crippen LogP contribution in [-0.4, -0.2) is 71.8 Å². The number of rotatable bonds is 12. The van der Waals surface area contributed by atoms with E-state index < -0.39 is 9.84 Å². The smallest absolute Gasteiger partial charge is 0.209 e. The van der Waals surface area contributed by atoms with Gasteiger partial charge in [0.05, 0.1) is 11.5 Å². The number of aryl methyl sites for hydroxylation is 2. The van der Waals surface area contributed by atoms with E-state index >= 15 is 0 Å². The summed E-state index contributed by atoms with van der Waals surface area (Å²) in [6.07, 6.45) is 2.98. The van der Waals surface area contributed by atoms with E-state index in [0.29, 0.717) is 12.8 Å². The molecule has 0 saturated carbocycles. The van der Waals surface area contributed by atoms with Crippen molar-refractivity contribution in [2.75, 3.05) is 23.0 Å². The summed E-state index contributed by atoms with van der Waals surface area (Å²) in [6.45, 7) is 0. The summed E-state index contributed by atoms with van der Waals surface area (Å²) in [5, 5.41) is 23.9. The molecule has 0 aromatic carbocycles. The highest BCUT2D eigenvalue weighted by atomic mass is 32.2. The van der Waals surface area contributed by atoms with Crippen LogP contribution in [0.25, 0.3) is 0 Å². The molecule has 0 radical (unpaired) electrons. The number of thioether (sulfide) groups is 2. The summed E-state index contributed by atoms with van der Waals surface area (Å²) in [4.78, 5) is 0. The summed E-state index contributed by atoms with van der Waals surface area (Å²) in [6, 6.07) is 0. The third-order valence-electron chi connectivity index (χ3n) is 3.32. The third kappa shape index (κ3) is 7.28. The van der Waals surface area contributed by atoms with Gasteiger partial charge in [0.2, 0.25) is 10.3 Å². The molecule has 140 valence electrons. The molecule has 0 fully saturated rings. The Bertz CT molecular complexity index is 689. The first kappa shape index (κ1) is 20.1. The molecule has 2 heterocycles. The van der Waals surface area contributed by atoms with Crippen molar-refractivity contribution >= 4 is 33.4 Å². The molecule has 2 rings (SSSR count). The summed E-state index contributed by atoms with van der Waals surface area (Å²) in [7, 11) is 0.591. The van der Waals surface area contributed by atoms with Gasteiger partial charge in [-0.05, 0) is 46.5 Å². The van der Waals surface area contributed by atoms with Crippen molar-refractivity contribution in [3.63, 3.8) is 0 Å². The van der Waals surface area contributed by atoms with E-state index in [4.69, 9.17) is 0 Å². The largest absolute Gasteiger partial charge is 0.229 e. The second kappa shape index (κ2) is 10.1. The van der Waals surface area contributed by atoms with Gasteiger partial charge in [-0.25, -0.2) is 17.8 Å². The van der Waals surface area contributed by atoms with Gasteiger partial charge in [0.15, 0.2) is 0 Å². The first-order chi connectivity index (χ1) is 12.0. The first-order valence-corrected chi connectivity index (χ1v) is 11.7. The maximum Gasteiger partial charge on any atom is 0.209 e. The second-order valence-corrected chi connectivity index (χ2v) is 9.86. The standard InChI is InChI=1S/C12H22N8O2S3/c1-19-11(13-15-17-19)23-7-3-5-9-25(21,22)10-6-4-8-24-12-14-16-18-20(12)2/h3-10H2,1-2H3. The van der Waals surface area contributed by atoms with Crippen LogP contribution in [0.2, 0.25) is 0 Å². The molecular weight excluding hydrogens is 384 g/mol. The Morgan fingerprint density at radius 1 is 0.800 bits per heavy atom. The average molecular weight is 407 g/mol. The number of sulfone groups is 1. The van der Waals surface area contributed by atoms with Crippen LogP contribution in [0.5, 0.6) is 0 Å². The molecule has 0 bridgehead atoms. The van der Waals surface area contributed by atoms with Crippen molar-refractivity contribution in [3.05, 3.63) is 0 Å². The molecule has 0 amide bonds. The van der Waals surface area contributed by atoms with E-state index in [1.54, 1.807) is 23.5 Å². The molecule has 0 saturated heterocycles. The zero-order valence-electron chi connectivity index (χ0n) is 14.3. The number of hydrogen-bond acceptors (Lipinski definition) is 10. The molecule has 2 aromatic heterocycles. The van der Waals surface area contributed by atoms with Crippen molar-refractivity contribution in [1.82, 2.24) is 40.4 Å². The Kier molecular flexibility index (Phi) is 8.09. The lowest BCUT2D eigenvalue weighted by Gasteiger charge is -2.04. The molecular formula is C12H22N8O2S3. The summed E-state index contributed by atoms with van der Waals surface area (Å²) in [5.41, 5.74) is 0. The zero-order chi connectivity index (χ0) is 18.1. The van der Waals surface area contributed by atoms with Gasteiger partial charge in [-0.2, -0.15) is 0 Å². The fourth-order valence-corrected chi connectivity index (χ4v) is 5.15. The topological polar surface area (TPSA) is 121 Å². The quantitative estimate of drug-likeness (QED) is 0.365. The molecule has 0 atom stereocenters. The Morgan fingerprint density at radius 3 is 1.60 bits per heavy atom. The van der Waals surface area contributed by atoms with Crippen LogP contribution in [0.1, 0.15) is 25.7 Å². The Hall–Kier alpha value is -1.21. The van der Waals surface area contributed by atoms with Crippen molar-refractivity contribution < 1.29 is 8.42 Å². The van der Waals surface area contributed by atoms with Crippen LogP contribution < -0.4 is 0 Å². The lowest BCUT2D eigenvalue weighted by atomic mass is 10.4. The molecule has 0 aliphatic heterocycles. The van der Waals surface area contributed by atoms with Gasteiger partial charge in [0.1, 0.15) is 9.84 Å². The molecule has 0 N–H and O–H groups in total. The molecule has 25 heavy (non-hydrogen) atoms. The Morgan fingerprint density at radius 2 is 1.24 bits per heavy atom. The lowest BCUT2D eigenvalue weighted by molar-refractivity contribution is 0.589. The summed E-state index contributed by atoms with van der Waals surface area (Å²) < 4.78 is 27.3. The van der Waals surface area contributed by atoms with E-state index in [1.165, 1.54) is 23.5 Å². The van der Waals surface area contributed by atoms with Gasteiger partial charge in [0.25, 0.3) is 0 Å². The van der Waals surface area contributed by atoms with Gasteiger partial charge >= 0.3 is 0 Å². The predicted molar refractivity (Wildman–Crippen MR) is 96.2 cm³/mol. The number of tetrazole rings is 2. The first-order valence-electron chi connectivity index (χ1n) is 7.89. The highest BCUT2D eigenvalue weighted by molar-refractivity contribution is 7.99. The average Bonchev–Trinajstić information content (AvgIpc) is 3.15. The Balaban J connectivity index is 1.52. The van der Waals surface area contributed by atoms with Crippen molar-refractivity contribution in [3.8, 4) is 0 Å². The molecule has 2 aromatic rings. The molecule has 0 aliphatic carbocycles. The lowest BCUT2D eigenvalue weighted by Crippen LogP contribution is -2.11. The van der Waals surface area contributed by atoms with E-state index in [2.05, 4.69) is 31.1 Å². The molecule has 10 nitrogen and oxygen atoms in total. The van der Waals surface area contributed by atoms with Crippen molar-refractivity contribution in [2.45, 2.75) is 36.0 Å². The van der Waals surface area contributed by atoms with Crippen molar-refractivity contribution in [2.24, 2.45) is 14.1 Å². The van der Waals surface area contributed by atoms with Crippen LogP contribution in [0.15, 0.2) is 10.3 Å². The number of unbranched alkanes of at least 4 members (excludes halogenated alkanes) is 2. The predicted octanol–water partition coefficient (Wildman–Crippen LogP) is 0.593. The minimum atomic E-state index is -2.98. The third-order valence-corrected chi connectivity index (χ3v) is 7.34. The van der Waals surface area contributed by atoms with Gasteiger partial charge in [-0.3, -0.25) is 0 Å². The minimum absolute atomic E-state index is 0.241. The van der Waals surface area contributed by atoms with Gasteiger partial charge in [-0.1, -0.05) is 23.5 Å². The number of aromatic nitrogens is 8. The Labute approximate surface area is 155 Å². The normalized spacial score (nSPS) is 11.9. The fourth-order valence-electron chi connectivity index (χ4n) is 1.96. The fraction of sp³-hybridized carbons (Fsp3) is 0.833. The summed E-state index contributed by atoms with van der Waals surface area (Å²) >= 11 is 3.08. The van der Waals surface area contributed by atoms with E-state index in [0.717, 1.165) is 34.7 Å². The molecule has 0 spiro atoms. The van der Waals surface area contributed by atoms with Crippen LogP contribution in [0, 0.1) is 0 Å². The van der Waals surface area contributed by atoms with Gasteiger partial charge < -0.3 is 0 Å². The van der Waals surface area contributed by atoms with Crippen LogP contribution in [-0.2, 0) is 23.9 Å². The molecule has 13 heteroatoms. The van der Waals surface area contributed by atoms with Gasteiger partial charge in [0, 0.05) is 25.6 Å². The molecule has 0 aliphatic rings. The number of hydrogen-bond donors (Lipinski definition) is 0. The van der Waals surface area contributed by atoms with E-state index in [1.807, 2.05) is 0 Å². The van der Waals surface area contributed by atoms with E-state index in [9.17, 15) is 8.42 Å². The molecule has 0 unspecified atom stereocenters. The van der Waals surface area contributed by atoms with Crippen molar-refractivity contribution in [1.29, 1.82) is 0 Å². The highest BCUT2D eigenvalue weighted by Gasteiger charge is 2.11. The maximum absolute atomic E-state index is 12.0. The minimum Gasteiger partial charge on any atom is -0.229 e. The number of nitrogens with zero attached hydrogens (tertiary/aromatic N) is 8. The summed E-state index contributed by atoms with van der Waals surface area (Å²) in [5.74, 6) is 2.11. The second-order valence-electron chi connectivity index (χ2n) is 5.43.